The number of fused-ring (bicyclic) bond motifs is 2. The zero-order valence-electron chi connectivity index (χ0n) is 18.8. The van der Waals surface area contributed by atoms with Gasteiger partial charge in [0.25, 0.3) is 0 Å². The Morgan fingerprint density at radius 3 is 1.80 bits per heavy atom. The highest BCUT2D eigenvalue weighted by Gasteiger charge is 2.49. The molecule has 2 aromatic carbocycles. The normalized spacial score (nSPS) is 25.6. The van der Waals surface area contributed by atoms with Gasteiger partial charge in [-0.2, -0.15) is 0 Å². The van der Waals surface area contributed by atoms with Gasteiger partial charge in [0.05, 0.1) is 40.4 Å². The summed E-state index contributed by atoms with van der Waals surface area (Å²) in [5.74, 6) is 1.90. The lowest BCUT2D eigenvalue weighted by molar-refractivity contribution is -0.950. The predicted molar refractivity (Wildman–Crippen MR) is 120 cm³/mol. The quantitative estimate of drug-likeness (QED) is 0.699. The first-order chi connectivity index (χ1) is 14.4. The Balaban J connectivity index is 1.75. The van der Waals surface area contributed by atoms with E-state index in [1.165, 1.54) is 19.3 Å². The van der Waals surface area contributed by atoms with Crippen molar-refractivity contribution in [2.24, 2.45) is 5.92 Å². The summed E-state index contributed by atoms with van der Waals surface area (Å²) >= 11 is 0. The van der Waals surface area contributed by atoms with Crippen molar-refractivity contribution in [2.75, 3.05) is 28.3 Å². The van der Waals surface area contributed by atoms with Crippen molar-refractivity contribution >= 4 is 0 Å². The van der Waals surface area contributed by atoms with E-state index in [2.05, 4.69) is 14.1 Å². The smallest absolute Gasteiger partial charge is 0.125 e. The number of quaternary nitrogens is 1. The maximum absolute atomic E-state index is 12.4. The van der Waals surface area contributed by atoms with E-state index in [1.807, 2.05) is 48.5 Å². The van der Waals surface area contributed by atoms with E-state index in [9.17, 15) is 5.11 Å². The van der Waals surface area contributed by atoms with Crippen molar-refractivity contribution < 1.29 is 19.1 Å². The maximum atomic E-state index is 12.4. The van der Waals surface area contributed by atoms with E-state index in [4.69, 9.17) is 9.47 Å². The topological polar surface area (TPSA) is 38.7 Å². The highest BCUT2D eigenvalue weighted by atomic mass is 16.5. The van der Waals surface area contributed by atoms with E-state index < -0.39 is 5.60 Å². The van der Waals surface area contributed by atoms with Crippen molar-refractivity contribution in [1.29, 1.82) is 0 Å². The van der Waals surface area contributed by atoms with Gasteiger partial charge in [0.1, 0.15) is 17.1 Å². The summed E-state index contributed by atoms with van der Waals surface area (Å²) in [7, 11) is 8.15. The summed E-state index contributed by atoms with van der Waals surface area (Å²) in [5.41, 5.74) is 0.482. The molecular formula is C26H36NO3+. The fourth-order valence-electron chi connectivity index (χ4n) is 6.12. The lowest BCUT2D eigenvalue weighted by Crippen LogP contribution is -2.62. The first kappa shape index (κ1) is 21.2. The van der Waals surface area contributed by atoms with Gasteiger partial charge in [-0.25, -0.2) is 0 Å². The number of rotatable bonds is 6. The number of hydrogen-bond donors (Lipinski definition) is 1. The Labute approximate surface area is 181 Å². The summed E-state index contributed by atoms with van der Waals surface area (Å²) < 4.78 is 12.5. The molecule has 1 unspecified atom stereocenters. The average Bonchev–Trinajstić information content (AvgIpc) is 2.74. The van der Waals surface area contributed by atoms with Gasteiger partial charge in [0.15, 0.2) is 0 Å². The average molecular weight is 411 g/mol. The molecule has 2 heterocycles. The molecule has 0 spiro atoms. The minimum atomic E-state index is -1.16. The van der Waals surface area contributed by atoms with Gasteiger partial charge < -0.3 is 19.1 Å². The summed E-state index contributed by atoms with van der Waals surface area (Å²) in [4.78, 5) is 0. The zero-order valence-corrected chi connectivity index (χ0v) is 18.8. The van der Waals surface area contributed by atoms with E-state index >= 15 is 0 Å². The number of ether oxygens (including phenoxy) is 2. The van der Waals surface area contributed by atoms with Crippen LogP contribution in [0, 0.1) is 5.92 Å². The molecule has 0 amide bonds. The van der Waals surface area contributed by atoms with Crippen LogP contribution in [0.4, 0.5) is 0 Å². The second kappa shape index (κ2) is 8.24. The molecule has 2 fully saturated rings. The molecule has 4 heteroatoms. The SMILES string of the molecule is COc1ccccc1C(O)(CC1C[C@H]2CCC[C@@H](C1)[N+]2(C)C)c1ccccc1OC. The van der Waals surface area contributed by atoms with Crippen molar-refractivity contribution in [2.45, 2.75) is 56.2 Å². The van der Waals surface area contributed by atoms with Gasteiger partial charge in [0.2, 0.25) is 0 Å². The summed E-state index contributed by atoms with van der Waals surface area (Å²) in [5, 5.41) is 12.4. The van der Waals surface area contributed by atoms with E-state index in [0.29, 0.717) is 24.4 Å². The molecule has 2 saturated heterocycles. The molecule has 2 aliphatic heterocycles. The van der Waals surface area contributed by atoms with Crippen molar-refractivity contribution in [1.82, 2.24) is 0 Å². The largest absolute Gasteiger partial charge is 0.496 e. The second-order valence-corrected chi connectivity index (χ2v) is 9.67. The summed E-state index contributed by atoms with van der Waals surface area (Å²) in [6, 6.07) is 17.1. The van der Waals surface area contributed by atoms with Gasteiger partial charge in [-0.1, -0.05) is 36.4 Å². The molecule has 0 aliphatic carbocycles. The van der Waals surface area contributed by atoms with E-state index in [0.717, 1.165) is 40.0 Å². The molecule has 0 saturated carbocycles. The Morgan fingerprint density at radius 2 is 1.33 bits per heavy atom. The molecule has 2 aliphatic rings. The van der Waals surface area contributed by atoms with Crippen LogP contribution in [0.15, 0.2) is 48.5 Å². The first-order valence-electron chi connectivity index (χ1n) is 11.2. The number of hydrogen-bond acceptors (Lipinski definition) is 3. The Kier molecular flexibility index (Phi) is 5.82. The Hall–Kier alpha value is -2.04. The van der Waals surface area contributed by atoms with Gasteiger partial charge in [-0.3, -0.25) is 0 Å². The van der Waals surface area contributed by atoms with E-state index in [-0.39, 0.29) is 0 Å². The highest BCUT2D eigenvalue weighted by Crippen LogP contribution is 2.49. The molecular weight excluding hydrogens is 374 g/mol. The molecule has 0 aromatic heterocycles. The van der Waals surface area contributed by atoms with Crippen molar-refractivity contribution in [3.05, 3.63) is 59.7 Å². The van der Waals surface area contributed by atoms with Gasteiger partial charge in [-0.15, -0.1) is 0 Å². The third-order valence-corrected chi connectivity index (χ3v) is 7.86. The Bertz CT molecular complexity index is 815. The summed E-state index contributed by atoms with van der Waals surface area (Å²) in [6.07, 6.45) is 6.93. The number of benzene rings is 2. The molecule has 0 radical (unpaired) electrons. The third kappa shape index (κ3) is 3.61. The van der Waals surface area contributed by atoms with Crippen LogP contribution in [0.2, 0.25) is 0 Å². The lowest BCUT2D eigenvalue weighted by Gasteiger charge is -2.54. The number of piperidine rings is 2. The fraction of sp³-hybridized carbons (Fsp3) is 0.538. The number of para-hydroxylation sites is 2. The lowest BCUT2D eigenvalue weighted by atomic mass is 9.70. The fourth-order valence-corrected chi connectivity index (χ4v) is 6.12. The van der Waals surface area contributed by atoms with Gasteiger partial charge >= 0.3 is 0 Å². The minimum absolute atomic E-state index is 0.464. The van der Waals surface area contributed by atoms with Crippen molar-refractivity contribution in [3.63, 3.8) is 0 Å². The Morgan fingerprint density at radius 1 is 0.867 bits per heavy atom. The van der Waals surface area contributed by atoms with Crippen LogP contribution in [0.25, 0.3) is 0 Å². The number of aliphatic hydroxyl groups is 1. The van der Waals surface area contributed by atoms with Crippen LogP contribution in [0.5, 0.6) is 11.5 Å². The van der Waals surface area contributed by atoms with E-state index in [1.54, 1.807) is 14.2 Å². The minimum Gasteiger partial charge on any atom is -0.496 e. The molecule has 2 aromatic rings. The van der Waals surface area contributed by atoms with Crippen LogP contribution in [-0.2, 0) is 5.60 Å². The van der Waals surface area contributed by atoms with Crippen LogP contribution >= 0.6 is 0 Å². The molecule has 2 bridgehead atoms. The van der Waals surface area contributed by atoms with Gasteiger partial charge in [-0.05, 0) is 43.7 Å². The summed E-state index contributed by atoms with van der Waals surface area (Å²) in [6.45, 7) is 0. The third-order valence-electron chi connectivity index (χ3n) is 7.86. The number of nitrogens with zero attached hydrogens (tertiary/aromatic N) is 1. The van der Waals surface area contributed by atoms with Crippen LogP contribution < -0.4 is 9.47 Å². The second-order valence-electron chi connectivity index (χ2n) is 9.67. The van der Waals surface area contributed by atoms with Crippen molar-refractivity contribution in [3.8, 4) is 11.5 Å². The predicted octanol–water partition coefficient (Wildman–Crippen LogP) is 4.74. The van der Waals surface area contributed by atoms with Crippen LogP contribution in [0.1, 0.15) is 49.7 Å². The molecule has 30 heavy (non-hydrogen) atoms. The molecule has 1 N–H and O–H groups in total. The molecule has 4 nitrogen and oxygen atoms in total. The van der Waals surface area contributed by atoms with Crippen LogP contribution in [0.3, 0.4) is 0 Å². The zero-order chi connectivity index (χ0) is 21.4. The molecule has 162 valence electrons. The monoisotopic (exact) mass is 410 g/mol. The first-order valence-corrected chi connectivity index (χ1v) is 11.2. The molecule has 3 atom stereocenters. The van der Waals surface area contributed by atoms with Gasteiger partial charge in [0, 0.05) is 24.0 Å². The maximum Gasteiger partial charge on any atom is 0.125 e. The standard InChI is InChI=1S/C26H36NO3/c1-27(2)20-10-9-11-21(27)17-19(16-20)18-26(28,22-12-5-7-14-24(22)29-3)23-13-6-8-15-25(23)30-4/h5-8,12-15,19-21,28H,9-11,16-18H2,1-4H3/q+1/t19?,20-,21+. The van der Waals surface area contributed by atoms with Crippen LogP contribution in [-0.4, -0.2) is 50.0 Å². The number of methoxy groups -OCH3 is 2. The molecule has 4 rings (SSSR count). The highest BCUT2D eigenvalue weighted by molar-refractivity contribution is 5.49.